The Labute approximate surface area is 106 Å². The number of aromatic nitrogens is 1. The van der Waals surface area contributed by atoms with Gasteiger partial charge in [-0.25, -0.2) is 4.98 Å². The standard InChI is InChI=1S/C11H8BrClN2O/c12-7-3-1-5-9(14)10(7)16-11-8(13)4-2-6-15-11/h1-6H,14H2. The maximum atomic E-state index is 5.94. The number of ether oxygens (including phenoxy) is 1. The van der Waals surface area contributed by atoms with Crippen LogP contribution in [0.5, 0.6) is 11.6 Å². The minimum atomic E-state index is 0.336. The highest BCUT2D eigenvalue weighted by Crippen LogP contribution is 2.36. The van der Waals surface area contributed by atoms with Crippen molar-refractivity contribution in [3.8, 4) is 11.6 Å². The number of para-hydroxylation sites is 1. The molecule has 2 rings (SSSR count). The lowest BCUT2D eigenvalue weighted by molar-refractivity contribution is 0.462. The van der Waals surface area contributed by atoms with Crippen molar-refractivity contribution in [1.29, 1.82) is 0 Å². The first kappa shape index (κ1) is 11.2. The minimum absolute atomic E-state index is 0.336. The number of hydrogen-bond donors (Lipinski definition) is 1. The maximum Gasteiger partial charge on any atom is 0.238 e. The lowest BCUT2D eigenvalue weighted by Gasteiger charge is -2.09. The van der Waals surface area contributed by atoms with Gasteiger partial charge in [-0.05, 0) is 40.2 Å². The Balaban J connectivity index is 2.38. The summed E-state index contributed by atoms with van der Waals surface area (Å²) in [5.41, 5.74) is 6.32. The molecule has 0 saturated carbocycles. The van der Waals surface area contributed by atoms with E-state index in [2.05, 4.69) is 20.9 Å². The molecular formula is C11H8BrClN2O. The van der Waals surface area contributed by atoms with Gasteiger partial charge in [0.2, 0.25) is 5.88 Å². The molecule has 1 heterocycles. The fourth-order valence-electron chi connectivity index (χ4n) is 1.18. The van der Waals surface area contributed by atoms with Gasteiger partial charge in [0.15, 0.2) is 5.75 Å². The van der Waals surface area contributed by atoms with Crippen LogP contribution in [-0.4, -0.2) is 4.98 Å². The number of nitrogen functional groups attached to an aromatic ring is 1. The molecule has 5 heteroatoms. The average Bonchev–Trinajstić information content (AvgIpc) is 2.26. The van der Waals surface area contributed by atoms with Crippen molar-refractivity contribution in [3.63, 3.8) is 0 Å². The average molecular weight is 300 g/mol. The monoisotopic (exact) mass is 298 g/mol. The van der Waals surface area contributed by atoms with Gasteiger partial charge in [-0.1, -0.05) is 17.7 Å². The van der Waals surface area contributed by atoms with Crippen LogP contribution in [0.1, 0.15) is 0 Å². The molecular weight excluding hydrogens is 291 g/mol. The molecule has 0 aliphatic heterocycles. The summed E-state index contributed by atoms with van der Waals surface area (Å²) in [4.78, 5) is 4.03. The molecule has 0 fully saturated rings. The van der Waals surface area contributed by atoms with Gasteiger partial charge in [0.25, 0.3) is 0 Å². The molecule has 1 aromatic carbocycles. The highest BCUT2D eigenvalue weighted by atomic mass is 79.9. The van der Waals surface area contributed by atoms with Gasteiger partial charge in [0.05, 0.1) is 10.2 Å². The zero-order chi connectivity index (χ0) is 11.5. The fourth-order valence-corrected chi connectivity index (χ4v) is 1.80. The number of nitrogens with two attached hydrogens (primary N) is 1. The third-order valence-electron chi connectivity index (χ3n) is 1.92. The Bertz CT molecular complexity index is 499. The van der Waals surface area contributed by atoms with E-state index in [9.17, 15) is 0 Å². The van der Waals surface area contributed by atoms with E-state index in [1.807, 2.05) is 12.1 Å². The van der Waals surface area contributed by atoms with E-state index in [0.29, 0.717) is 22.3 Å². The van der Waals surface area contributed by atoms with Gasteiger partial charge in [-0.2, -0.15) is 0 Å². The molecule has 0 aliphatic carbocycles. The molecule has 2 N–H and O–H groups in total. The van der Waals surface area contributed by atoms with E-state index in [1.165, 1.54) is 0 Å². The number of hydrogen-bond acceptors (Lipinski definition) is 3. The fraction of sp³-hybridized carbons (Fsp3) is 0. The van der Waals surface area contributed by atoms with Gasteiger partial charge in [-0.3, -0.25) is 0 Å². The van der Waals surface area contributed by atoms with E-state index < -0.39 is 0 Å². The lowest BCUT2D eigenvalue weighted by Crippen LogP contribution is -1.94. The van der Waals surface area contributed by atoms with Crippen LogP contribution in [0.3, 0.4) is 0 Å². The molecule has 0 bridgehead atoms. The smallest absolute Gasteiger partial charge is 0.238 e. The molecule has 0 unspecified atom stereocenters. The second-order valence-electron chi connectivity index (χ2n) is 3.05. The van der Waals surface area contributed by atoms with Gasteiger partial charge in [0.1, 0.15) is 5.02 Å². The van der Waals surface area contributed by atoms with E-state index in [1.54, 1.807) is 24.4 Å². The summed E-state index contributed by atoms with van der Waals surface area (Å²) in [6.07, 6.45) is 1.61. The summed E-state index contributed by atoms with van der Waals surface area (Å²) in [6, 6.07) is 8.85. The lowest BCUT2D eigenvalue weighted by atomic mass is 10.3. The molecule has 0 atom stereocenters. The van der Waals surface area contributed by atoms with Gasteiger partial charge in [-0.15, -0.1) is 0 Å². The van der Waals surface area contributed by atoms with Gasteiger partial charge in [0, 0.05) is 6.20 Å². The van der Waals surface area contributed by atoms with E-state index >= 15 is 0 Å². The van der Waals surface area contributed by atoms with Gasteiger partial charge < -0.3 is 10.5 Å². The van der Waals surface area contributed by atoms with Crippen molar-refractivity contribution in [2.75, 3.05) is 5.73 Å². The van der Waals surface area contributed by atoms with Crippen LogP contribution < -0.4 is 10.5 Å². The first-order chi connectivity index (χ1) is 7.68. The topological polar surface area (TPSA) is 48.1 Å². The van der Waals surface area contributed by atoms with Crippen molar-refractivity contribution in [2.45, 2.75) is 0 Å². The highest BCUT2D eigenvalue weighted by Gasteiger charge is 2.09. The number of anilines is 1. The Kier molecular flexibility index (Phi) is 3.31. The molecule has 2 aromatic rings. The molecule has 16 heavy (non-hydrogen) atoms. The van der Waals surface area contributed by atoms with Crippen LogP contribution in [0.15, 0.2) is 41.0 Å². The summed E-state index contributed by atoms with van der Waals surface area (Å²) in [5, 5.41) is 0.442. The summed E-state index contributed by atoms with van der Waals surface area (Å²) < 4.78 is 6.31. The third kappa shape index (κ3) is 2.28. The number of benzene rings is 1. The number of nitrogens with zero attached hydrogens (tertiary/aromatic N) is 1. The molecule has 1 aromatic heterocycles. The third-order valence-corrected chi connectivity index (χ3v) is 2.83. The van der Waals surface area contributed by atoms with Crippen molar-refractivity contribution in [1.82, 2.24) is 4.98 Å². The van der Waals surface area contributed by atoms with Crippen LogP contribution >= 0.6 is 27.5 Å². The summed E-state index contributed by atoms with van der Waals surface area (Å²) >= 11 is 9.29. The Morgan fingerprint density at radius 3 is 2.75 bits per heavy atom. The normalized spacial score (nSPS) is 10.1. The van der Waals surface area contributed by atoms with Crippen LogP contribution in [0.2, 0.25) is 5.02 Å². The van der Waals surface area contributed by atoms with Crippen LogP contribution in [0.4, 0.5) is 5.69 Å². The Morgan fingerprint density at radius 2 is 2.06 bits per heavy atom. The van der Waals surface area contributed by atoms with Crippen LogP contribution in [0.25, 0.3) is 0 Å². The summed E-state index contributed by atoms with van der Waals surface area (Å²) in [7, 11) is 0. The predicted octanol–water partition coefficient (Wildman–Crippen LogP) is 3.87. The number of rotatable bonds is 2. The van der Waals surface area contributed by atoms with Gasteiger partial charge >= 0.3 is 0 Å². The number of halogens is 2. The molecule has 0 amide bonds. The van der Waals surface area contributed by atoms with Crippen molar-refractivity contribution < 1.29 is 4.74 Å². The Morgan fingerprint density at radius 1 is 1.25 bits per heavy atom. The molecule has 82 valence electrons. The molecule has 0 saturated heterocycles. The van der Waals surface area contributed by atoms with Crippen molar-refractivity contribution in [2.24, 2.45) is 0 Å². The zero-order valence-corrected chi connectivity index (χ0v) is 10.5. The molecule has 0 aliphatic rings. The highest BCUT2D eigenvalue weighted by molar-refractivity contribution is 9.10. The first-order valence-corrected chi connectivity index (χ1v) is 5.68. The molecule has 3 nitrogen and oxygen atoms in total. The number of pyridine rings is 1. The van der Waals surface area contributed by atoms with Crippen molar-refractivity contribution >= 4 is 33.2 Å². The van der Waals surface area contributed by atoms with Crippen molar-refractivity contribution in [3.05, 3.63) is 46.0 Å². The minimum Gasteiger partial charge on any atom is -0.434 e. The van der Waals surface area contributed by atoms with E-state index in [-0.39, 0.29) is 0 Å². The van der Waals surface area contributed by atoms with E-state index in [4.69, 9.17) is 22.1 Å². The van der Waals surface area contributed by atoms with Crippen LogP contribution in [0, 0.1) is 0 Å². The second-order valence-corrected chi connectivity index (χ2v) is 4.31. The zero-order valence-electron chi connectivity index (χ0n) is 8.15. The summed E-state index contributed by atoms with van der Waals surface area (Å²) in [6.45, 7) is 0. The van der Waals surface area contributed by atoms with Crippen LogP contribution in [-0.2, 0) is 0 Å². The quantitative estimate of drug-likeness (QED) is 0.856. The van der Waals surface area contributed by atoms with E-state index in [0.717, 1.165) is 4.47 Å². The molecule has 0 spiro atoms. The second kappa shape index (κ2) is 4.72. The largest absolute Gasteiger partial charge is 0.434 e. The maximum absolute atomic E-state index is 5.94. The predicted molar refractivity (Wildman–Crippen MR) is 67.9 cm³/mol. The first-order valence-electron chi connectivity index (χ1n) is 4.51. The Hall–Kier alpha value is -1.26. The SMILES string of the molecule is Nc1cccc(Br)c1Oc1ncccc1Cl. The molecule has 0 radical (unpaired) electrons. The summed E-state index contributed by atoms with van der Waals surface area (Å²) in [5.74, 6) is 0.853.